The van der Waals surface area contributed by atoms with Crippen LogP contribution in [0.5, 0.6) is 0 Å². The van der Waals surface area contributed by atoms with Crippen molar-refractivity contribution in [1.29, 1.82) is 0 Å². The average molecular weight is 456 g/mol. The molecule has 0 fully saturated rings. The van der Waals surface area contributed by atoms with Gasteiger partial charge in [-0.3, -0.25) is 9.36 Å². The highest BCUT2D eigenvalue weighted by atomic mass is 16.1. The Kier molecular flexibility index (Phi) is 14.1. The molecule has 4 heteroatoms. The van der Waals surface area contributed by atoms with Crippen LogP contribution in [0, 0.1) is 0 Å². The van der Waals surface area contributed by atoms with Crippen LogP contribution in [0.4, 0.5) is 0 Å². The summed E-state index contributed by atoms with van der Waals surface area (Å²) in [5.74, 6) is 0.967. The van der Waals surface area contributed by atoms with Gasteiger partial charge in [0.2, 0.25) is 0 Å². The normalized spacial score (nSPS) is 11.6. The summed E-state index contributed by atoms with van der Waals surface area (Å²) in [7, 11) is 0. The molecule has 0 saturated heterocycles. The predicted molar refractivity (Wildman–Crippen MR) is 143 cm³/mol. The van der Waals surface area contributed by atoms with Gasteiger partial charge in [-0.2, -0.15) is 0 Å². The number of para-hydroxylation sites is 1. The SMILES string of the molecule is CCCCCCCCCCCCCCn1c(CCCN(CC)CC)nc2ccccc2c1=O. The first-order chi connectivity index (χ1) is 16.2. The monoisotopic (exact) mass is 455 g/mol. The molecule has 0 bridgehead atoms. The minimum Gasteiger partial charge on any atom is -0.304 e. The van der Waals surface area contributed by atoms with Crippen LogP contribution in [-0.4, -0.2) is 34.1 Å². The minimum atomic E-state index is 0.140. The van der Waals surface area contributed by atoms with E-state index in [4.69, 9.17) is 4.98 Å². The van der Waals surface area contributed by atoms with Crippen molar-refractivity contribution in [3.8, 4) is 0 Å². The molecule has 0 unspecified atom stereocenters. The van der Waals surface area contributed by atoms with Gasteiger partial charge in [0, 0.05) is 13.0 Å². The summed E-state index contributed by atoms with van der Waals surface area (Å²) in [6, 6.07) is 7.81. The zero-order valence-corrected chi connectivity index (χ0v) is 21.8. The first-order valence-electron chi connectivity index (χ1n) is 13.9. The average Bonchev–Trinajstić information content (AvgIpc) is 2.84. The summed E-state index contributed by atoms with van der Waals surface area (Å²) < 4.78 is 1.97. The molecule has 1 aromatic carbocycles. The molecule has 1 heterocycles. The van der Waals surface area contributed by atoms with Crippen LogP contribution >= 0.6 is 0 Å². The molecule has 2 rings (SSSR count). The minimum absolute atomic E-state index is 0.140. The van der Waals surface area contributed by atoms with E-state index in [9.17, 15) is 4.79 Å². The molecule has 4 nitrogen and oxygen atoms in total. The Morgan fingerprint density at radius 1 is 0.758 bits per heavy atom. The molecule has 0 amide bonds. The maximum absolute atomic E-state index is 13.2. The van der Waals surface area contributed by atoms with Crippen molar-refractivity contribution in [2.75, 3.05) is 19.6 Å². The van der Waals surface area contributed by atoms with E-state index >= 15 is 0 Å². The van der Waals surface area contributed by atoms with Gasteiger partial charge in [0.15, 0.2) is 0 Å². The Hall–Kier alpha value is -1.68. The molecule has 0 aliphatic carbocycles. The Morgan fingerprint density at radius 2 is 1.33 bits per heavy atom. The molecule has 0 spiro atoms. The van der Waals surface area contributed by atoms with Gasteiger partial charge >= 0.3 is 0 Å². The molecule has 0 saturated carbocycles. The van der Waals surface area contributed by atoms with E-state index < -0.39 is 0 Å². The van der Waals surface area contributed by atoms with Crippen LogP contribution < -0.4 is 5.56 Å². The lowest BCUT2D eigenvalue weighted by molar-refractivity contribution is 0.298. The van der Waals surface area contributed by atoms with Crippen LogP contribution in [0.2, 0.25) is 0 Å². The second-order valence-electron chi connectivity index (χ2n) is 9.52. The van der Waals surface area contributed by atoms with Crippen molar-refractivity contribution in [3.05, 3.63) is 40.4 Å². The third-order valence-electron chi connectivity index (χ3n) is 6.95. The largest absolute Gasteiger partial charge is 0.304 e. The lowest BCUT2D eigenvalue weighted by Crippen LogP contribution is -2.28. The molecular weight excluding hydrogens is 406 g/mol. The van der Waals surface area contributed by atoms with Gasteiger partial charge in [0.05, 0.1) is 10.9 Å². The zero-order chi connectivity index (χ0) is 23.7. The number of unbranched alkanes of at least 4 members (excludes halogenated alkanes) is 11. The van der Waals surface area contributed by atoms with E-state index in [2.05, 4.69) is 25.7 Å². The topological polar surface area (TPSA) is 38.1 Å². The number of aryl methyl sites for hydroxylation is 1. The Balaban J connectivity index is 1.80. The van der Waals surface area contributed by atoms with Crippen LogP contribution in [0.1, 0.15) is 110 Å². The molecule has 0 aliphatic rings. The Bertz CT molecular complexity index is 825. The van der Waals surface area contributed by atoms with Gasteiger partial charge in [0.25, 0.3) is 5.56 Å². The van der Waals surface area contributed by atoms with E-state index in [0.717, 1.165) is 62.2 Å². The molecular formula is C29H49N3O. The molecule has 33 heavy (non-hydrogen) atoms. The van der Waals surface area contributed by atoms with Crippen LogP contribution in [0.3, 0.4) is 0 Å². The molecule has 0 aliphatic heterocycles. The van der Waals surface area contributed by atoms with Crippen molar-refractivity contribution < 1.29 is 0 Å². The fourth-order valence-corrected chi connectivity index (χ4v) is 4.75. The van der Waals surface area contributed by atoms with Crippen LogP contribution in [0.25, 0.3) is 10.9 Å². The van der Waals surface area contributed by atoms with Crippen molar-refractivity contribution >= 4 is 10.9 Å². The van der Waals surface area contributed by atoms with Gasteiger partial charge < -0.3 is 4.90 Å². The smallest absolute Gasteiger partial charge is 0.261 e. The quantitative estimate of drug-likeness (QED) is 0.207. The third kappa shape index (κ3) is 10.00. The summed E-state index contributed by atoms with van der Waals surface area (Å²) in [4.78, 5) is 20.5. The third-order valence-corrected chi connectivity index (χ3v) is 6.95. The van der Waals surface area contributed by atoms with E-state index in [1.165, 1.54) is 70.6 Å². The standard InChI is InChI=1S/C29H49N3O/c1-4-7-8-9-10-11-12-13-14-15-16-19-25-32-28(23-20-24-31(5-2)6-3)30-27-22-18-17-21-26(27)29(32)33/h17-18,21-22H,4-16,19-20,23-25H2,1-3H3. The summed E-state index contributed by atoms with van der Waals surface area (Å²) >= 11 is 0. The number of rotatable bonds is 19. The van der Waals surface area contributed by atoms with E-state index in [0.29, 0.717) is 0 Å². The Morgan fingerprint density at radius 3 is 1.94 bits per heavy atom. The first kappa shape index (κ1) is 27.6. The maximum atomic E-state index is 13.2. The second kappa shape index (κ2) is 16.9. The number of hydrogen-bond donors (Lipinski definition) is 0. The summed E-state index contributed by atoms with van der Waals surface area (Å²) in [5.41, 5.74) is 0.979. The van der Waals surface area contributed by atoms with Gasteiger partial charge in [-0.05, 0) is 44.6 Å². The van der Waals surface area contributed by atoms with E-state index in [1.54, 1.807) is 0 Å². The first-order valence-corrected chi connectivity index (χ1v) is 13.9. The molecule has 0 atom stereocenters. The van der Waals surface area contributed by atoms with Gasteiger partial charge in [0.1, 0.15) is 5.82 Å². The van der Waals surface area contributed by atoms with Gasteiger partial charge in [-0.1, -0.05) is 104 Å². The summed E-state index contributed by atoms with van der Waals surface area (Å²) in [5, 5.41) is 0.754. The molecule has 2 aromatic rings. The zero-order valence-electron chi connectivity index (χ0n) is 21.8. The van der Waals surface area contributed by atoms with Crippen molar-refractivity contribution in [1.82, 2.24) is 14.5 Å². The van der Waals surface area contributed by atoms with E-state index in [-0.39, 0.29) is 5.56 Å². The Labute approximate surface area is 202 Å². The van der Waals surface area contributed by atoms with E-state index in [1.807, 2.05) is 28.8 Å². The van der Waals surface area contributed by atoms with Crippen molar-refractivity contribution in [2.45, 2.75) is 117 Å². The molecule has 186 valence electrons. The fourth-order valence-electron chi connectivity index (χ4n) is 4.75. The lowest BCUT2D eigenvalue weighted by atomic mass is 10.1. The number of fused-ring (bicyclic) bond motifs is 1. The number of benzene rings is 1. The number of nitrogens with zero attached hydrogens (tertiary/aromatic N) is 3. The number of aromatic nitrogens is 2. The summed E-state index contributed by atoms with van der Waals surface area (Å²) in [6.07, 6.45) is 17.9. The predicted octanol–water partition coefficient (Wildman–Crippen LogP) is 7.37. The molecule has 1 aromatic heterocycles. The van der Waals surface area contributed by atoms with Gasteiger partial charge in [-0.15, -0.1) is 0 Å². The lowest BCUT2D eigenvalue weighted by Gasteiger charge is -2.18. The highest BCUT2D eigenvalue weighted by Gasteiger charge is 2.11. The molecule has 0 N–H and O–H groups in total. The maximum Gasteiger partial charge on any atom is 0.261 e. The highest BCUT2D eigenvalue weighted by molar-refractivity contribution is 5.77. The van der Waals surface area contributed by atoms with Crippen molar-refractivity contribution in [3.63, 3.8) is 0 Å². The highest BCUT2D eigenvalue weighted by Crippen LogP contribution is 2.14. The van der Waals surface area contributed by atoms with Crippen LogP contribution in [0.15, 0.2) is 29.1 Å². The van der Waals surface area contributed by atoms with Gasteiger partial charge in [-0.25, -0.2) is 4.98 Å². The van der Waals surface area contributed by atoms with Crippen molar-refractivity contribution in [2.24, 2.45) is 0 Å². The summed E-state index contributed by atoms with van der Waals surface area (Å²) in [6.45, 7) is 10.7. The van der Waals surface area contributed by atoms with Crippen LogP contribution in [-0.2, 0) is 13.0 Å². The number of hydrogen-bond acceptors (Lipinski definition) is 3. The second-order valence-corrected chi connectivity index (χ2v) is 9.52. The molecule has 0 radical (unpaired) electrons. The fraction of sp³-hybridized carbons (Fsp3) is 0.724.